The number of aromatic nitrogens is 3. The maximum absolute atomic E-state index is 11.2. The number of H-pyrrole nitrogens is 1. The monoisotopic (exact) mass is 194 g/mol. The number of hydrogen-bond donors (Lipinski definition) is 3. The summed E-state index contributed by atoms with van der Waals surface area (Å²) in [5.41, 5.74) is 5.22. The highest BCUT2D eigenvalue weighted by Crippen LogP contribution is 1.92. The molecule has 1 aromatic heterocycles. The Balaban J connectivity index is 2.33. The second kappa shape index (κ2) is 4.81. The Labute approximate surface area is 80.3 Å². The molecule has 0 atom stereocenters. The molecule has 0 aromatic carbocycles. The zero-order chi connectivity index (χ0) is 10.4. The largest absolute Gasteiger partial charge is 0.366 e. The number of aromatic amines is 1. The summed E-state index contributed by atoms with van der Waals surface area (Å²) < 4.78 is 0. The number of anilines is 1. The quantitative estimate of drug-likeness (QED) is 0.554. The lowest BCUT2D eigenvalue weighted by Crippen LogP contribution is -2.25. The average molecular weight is 194 g/mol. The third-order valence-corrected chi connectivity index (χ3v) is 1.47. The molecule has 0 radical (unpaired) electrons. The van der Waals surface area contributed by atoms with E-state index in [4.69, 9.17) is 11.0 Å². The molecule has 7 heteroatoms. The molecule has 74 valence electrons. The van der Waals surface area contributed by atoms with E-state index in [1.165, 1.54) is 0 Å². The van der Waals surface area contributed by atoms with Gasteiger partial charge < -0.3 is 11.1 Å². The van der Waals surface area contributed by atoms with Crippen LogP contribution in [0.1, 0.15) is 23.5 Å². The predicted molar refractivity (Wildman–Crippen MR) is 48.0 cm³/mol. The van der Waals surface area contributed by atoms with Crippen LogP contribution in [0.15, 0.2) is 0 Å². The van der Waals surface area contributed by atoms with Crippen molar-refractivity contribution in [2.75, 3.05) is 12.3 Å². The van der Waals surface area contributed by atoms with Gasteiger partial charge in [-0.1, -0.05) is 0 Å². The molecular weight excluding hydrogens is 184 g/mol. The van der Waals surface area contributed by atoms with Crippen molar-refractivity contribution in [1.29, 1.82) is 5.26 Å². The van der Waals surface area contributed by atoms with Crippen LogP contribution in [0.25, 0.3) is 0 Å². The first-order chi connectivity index (χ1) is 6.74. The number of unbranched alkanes of at least 4 members (excludes halogenated alkanes) is 1. The number of carbonyl (C=O) groups excluding carboxylic acids is 1. The Morgan fingerprint density at radius 1 is 1.71 bits per heavy atom. The van der Waals surface area contributed by atoms with E-state index in [0.717, 1.165) is 0 Å². The Hall–Kier alpha value is -2.10. The predicted octanol–water partition coefficient (Wildman–Crippen LogP) is -0.580. The summed E-state index contributed by atoms with van der Waals surface area (Å²) in [4.78, 5) is 14.9. The standard InChI is InChI=1S/C7H10N6O/c8-3-1-2-4-10-6(14)5-11-7(9)13-12-5/h1-2,4H2,(H,10,14)(H3,9,11,12,13). The summed E-state index contributed by atoms with van der Waals surface area (Å²) in [7, 11) is 0. The Bertz CT molecular complexity index is 351. The SMILES string of the molecule is N#CCCCNC(=O)c1nc(N)n[nH]1. The third-order valence-electron chi connectivity index (χ3n) is 1.47. The van der Waals surface area contributed by atoms with Crippen LogP contribution in [0.2, 0.25) is 0 Å². The summed E-state index contributed by atoms with van der Waals surface area (Å²) in [5, 5.41) is 16.7. The number of amides is 1. The number of rotatable bonds is 4. The van der Waals surface area contributed by atoms with E-state index >= 15 is 0 Å². The lowest BCUT2D eigenvalue weighted by molar-refractivity contribution is 0.0943. The zero-order valence-corrected chi connectivity index (χ0v) is 7.45. The number of nitrogen functional groups attached to an aromatic ring is 1. The summed E-state index contributed by atoms with van der Waals surface area (Å²) in [5.74, 6) is -0.251. The van der Waals surface area contributed by atoms with Crippen molar-refractivity contribution in [2.45, 2.75) is 12.8 Å². The molecule has 0 fully saturated rings. The maximum atomic E-state index is 11.2. The van der Waals surface area contributed by atoms with Gasteiger partial charge in [0, 0.05) is 13.0 Å². The minimum Gasteiger partial charge on any atom is -0.366 e. The number of nitrogens with two attached hydrogens (primary N) is 1. The highest BCUT2D eigenvalue weighted by atomic mass is 16.2. The van der Waals surface area contributed by atoms with E-state index in [2.05, 4.69) is 20.5 Å². The van der Waals surface area contributed by atoms with Crippen LogP contribution in [0, 0.1) is 11.3 Å². The van der Waals surface area contributed by atoms with E-state index in [9.17, 15) is 4.79 Å². The molecule has 0 spiro atoms. The smallest absolute Gasteiger partial charge is 0.288 e. The minimum absolute atomic E-state index is 0.0344. The van der Waals surface area contributed by atoms with Gasteiger partial charge >= 0.3 is 0 Å². The molecule has 0 aliphatic carbocycles. The van der Waals surface area contributed by atoms with Gasteiger partial charge in [0.2, 0.25) is 11.8 Å². The molecule has 1 amide bonds. The average Bonchev–Trinajstić information content (AvgIpc) is 2.59. The first-order valence-electron chi connectivity index (χ1n) is 4.07. The van der Waals surface area contributed by atoms with Gasteiger partial charge in [0.05, 0.1) is 6.07 Å². The third kappa shape index (κ3) is 2.75. The lowest BCUT2D eigenvalue weighted by Gasteiger charge is -1.98. The Kier molecular flexibility index (Phi) is 3.43. The summed E-state index contributed by atoms with van der Waals surface area (Å²) in [6.07, 6.45) is 1.03. The summed E-state index contributed by atoms with van der Waals surface area (Å²) in [6.45, 7) is 0.437. The van der Waals surface area contributed by atoms with Gasteiger partial charge in [0.1, 0.15) is 0 Å². The molecule has 0 aliphatic rings. The molecule has 0 unspecified atom stereocenters. The van der Waals surface area contributed by atoms with Crippen molar-refractivity contribution in [2.24, 2.45) is 0 Å². The molecule has 1 aromatic rings. The Morgan fingerprint density at radius 2 is 2.50 bits per heavy atom. The van der Waals surface area contributed by atoms with Gasteiger partial charge in [0.25, 0.3) is 5.91 Å². The summed E-state index contributed by atoms with van der Waals surface area (Å²) >= 11 is 0. The van der Waals surface area contributed by atoms with Gasteiger partial charge in [-0.3, -0.25) is 9.89 Å². The number of nitrogens with zero attached hydrogens (tertiary/aromatic N) is 3. The van der Waals surface area contributed by atoms with E-state index in [1.54, 1.807) is 0 Å². The lowest BCUT2D eigenvalue weighted by atomic mass is 10.3. The van der Waals surface area contributed by atoms with Crippen LogP contribution in [-0.2, 0) is 0 Å². The molecule has 0 saturated carbocycles. The van der Waals surface area contributed by atoms with E-state index in [-0.39, 0.29) is 17.7 Å². The van der Waals surface area contributed by atoms with Gasteiger partial charge in [-0.25, -0.2) is 0 Å². The first-order valence-corrected chi connectivity index (χ1v) is 4.07. The van der Waals surface area contributed by atoms with Crippen LogP contribution in [-0.4, -0.2) is 27.6 Å². The van der Waals surface area contributed by atoms with Gasteiger partial charge in [-0.05, 0) is 6.42 Å². The number of carbonyl (C=O) groups is 1. The van der Waals surface area contributed by atoms with Crippen LogP contribution >= 0.6 is 0 Å². The zero-order valence-electron chi connectivity index (χ0n) is 7.45. The highest BCUT2D eigenvalue weighted by Gasteiger charge is 2.08. The van der Waals surface area contributed by atoms with Crippen molar-refractivity contribution in [3.05, 3.63) is 5.82 Å². The molecular formula is C7H10N6O. The van der Waals surface area contributed by atoms with Crippen molar-refractivity contribution < 1.29 is 4.79 Å². The summed E-state index contributed by atoms with van der Waals surface area (Å²) in [6, 6.07) is 1.98. The minimum atomic E-state index is -0.368. The fourth-order valence-electron chi connectivity index (χ4n) is 0.829. The maximum Gasteiger partial charge on any atom is 0.288 e. The molecule has 4 N–H and O–H groups in total. The fourth-order valence-corrected chi connectivity index (χ4v) is 0.829. The number of nitriles is 1. The molecule has 0 aliphatic heterocycles. The number of nitrogens with one attached hydrogen (secondary N) is 2. The van der Waals surface area contributed by atoms with Gasteiger partial charge in [-0.15, -0.1) is 5.10 Å². The molecule has 0 bridgehead atoms. The normalized spacial score (nSPS) is 9.36. The number of hydrogen-bond acceptors (Lipinski definition) is 5. The van der Waals surface area contributed by atoms with Crippen LogP contribution in [0.5, 0.6) is 0 Å². The molecule has 1 rings (SSSR count). The van der Waals surface area contributed by atoms with Crippen molar-refractivity contribution in [3.8, 4) is 6.07 Å². The molecule has 14 heavy (non-hydrogen) atoms. The fraction of sp³-hybridized carbons (Fsp3) is 0.429. The second-order valence-corrected chi connectivity index (χ2v) is 2.56. The molecule has 0 saturated heterocycles. The van der Waals surface area contributed by atoms with E-state index < -0.39 is 0 Å². The van der Waals surface area contributed by atoms with Crippen LogP contribution in [0.3, 0.4) is 0 Å². The van der Waals surface area contributed by atoms with E-state index in [0.29, 0.717) is 19.4 Å². The van der Waals surface area contributed by atoms with Crippen molar-refractivity contribution in [3.63, 3.8) is 0 Å². The molecule has 1 heterocycles. The van der Waals surface area contributed by atoms with Gasteiger partial charge in [-0.2, -0.15) is 10.2 Å². The van der Waals surface area contributed by atoms with E-state index in [1.807, 2.05) is 6.07 Å². The van der Waals surface area contributed by atoms with Gasteiger partial charge in [0.15, 0.2) is 0 Å². The topological polar surface area (TPSA) is 120 Å². The van der Waals surface area contributed by atoms with Crippen LogP contribution < -0.4 is 11.1 Å². The van der Waals surface area contributed by atoms with Crippen LogP contribution in [0.4, 0.5) is 5.95 Å². The first kappa shape index (κ1) is 9.98. The molecule has 7 nitrogen and oxygen atoms in total. The van der Waals surface area contributed by atoms with Crippen molar-refractivity contribution in [1.82, 2.24) is 20.5 Å². The van der Waals surface area contributed by atoms with Crippen molar-refractivity contribution >= 4 is 11.9 Å². The highest BCUT2D eigenvalue weighted by molar-refractivity contribution is 5.90. The Morgan fingerprint density at radius 3 is 3.07 bits per heavy atom. The second-order valence-electron chi connectivity index (χ2n) is 2.56.